The van der Waals surface area contributed by atoms with Gasteiger partial charge in [0.1, 0.15) is 17.2 Å². The van der Waals surface area contributed by atoms with Crippen LogP contribution in [-0.2, 0) is 23.9 Å². The van der Waals surface area contributed by atoms with Crippen LogP contribution < -0.4 is 10.5 Å². The minimum atomic E-state index is -4.55. The molecule has 0 amide bonds. The zero-order valence-corrected chi connectivity index (χ0v) is 18.9. The van der Waals surface area contributed by atoms with E-state index in [1.807, 2.05) is 38.1 Å². The highest BCUT2D eigenvalue weighted by molar-refractivity contribution is 5.86. The predicted octanol–water partition coefficient (Wildman–Crippen LogP) is 5.85. The van der Waals surface area contributed by atoms with Crippen molar-refractivity contribution in [3.05, 3.63) is 82.5 Å². The molecule has 2 N–H and O–H groups in total. The van der Waals surface area contributed by atoms with Gasteiger partial charge < -0.3 is 10.5 Å². The second kappa shape index (κ2) is 10.2. The fourth-order valence-corrected chi connectivity index (χ4v) is 3.75. The Morgan fingerprint density at radius 3 is 2.45 bits per heavy atom. The number of rotatable bonds is 8. The summed E-state index contributed by atoms with van der Waals surface area (Å²) in [6.07, 6.45) is -4.08. The summed E-state index contributed by atoms with van der Waals surface area (Å²) >= 11 is 0. The molecule has 0 aliphatic heterocycles. The van der Waals surface area contributed by atoms with Gasteiger partial charge in [0.25, 0.3) is 0 Å². The van der Waals surface area contributed by atoms with Gasteiger partial charge >= 0.3 is 6.18 Å². The van der Waals surface area contributed by atoms with Gasteiger partial charge in [0.2, 0.25) is 0 Å². The molecule has 1 heterocycles. The molecule has 3 aromatic rings. The molecular formula is C26H27F3N2O2. The Morgan fingerprint density at radius 2 is 1.82 bits per heavy atom. The van der Waals surface area contributed by atoms with E-state index in [2.05, 4.69) is 4.98 Å². The molecule has 1 aromatic heterocycles. The fraction of sp³-hybridized carbons (Fsp3) is 0.308. The number of aryl methyl sites for hydroxylation is 2. The number of hydrogen-bond donors (Lipinski definition) is 1. The number of ketones is 1. The number of benzene rings is 2. The van der Waals surface area contributed by atoms with Crippen LogP contribution in [-0.4, -0.2) is 17.9 Å². The molecule has 1 atom stereocenters. The second-order valence-electron chi connectivity index (χ2n) is 8.03. The van der Waals surface area contributed by atoms with E-state index in [9.17, 15) is 18.0 Å². The monoisotopic (exact) mass is 456 g/mol. The highest BCUT2D eigenvalue weighted by Crippen LogP contribution is 2.32. The van der Waals surface area contributed by atoms with Gasteiger partial charge in [-0.2, -0.15) is 13.2 Å². The molecule has 0 saturated heterocycles. The molecule has 0 aliphatic carbocycles. The molecule has 0 spiro atoms. The Labute approximate surface area is 191 Å². The normalized spacial score (nSPS) is 12.5. The number of carbonyl (C=O) groups excluding carboxylic acids is 1. The number of nitrogens with zero attached hydrogens (tertiary/aromatic N) is 1. The number of Topliss-reactive ketones (excluding diaryl/α,β-unsaturated/α-hetero) is 1. The number of ether oxygens (including phenoxy) is 1. The smallest absolute Gasteiger partial charge is 0.433 e. The Balaban J connectivity index is 1.85. The Morgan fingerprint density at radius 1 is 1.09 bits per heavy atom. The summed E-state index contributed by atoms with van der Waals surface area (Å²) < 4.78 is 45.2. The first kappa shape index (κ1) is 24.5. The number of methoxy groups -OCH3 is 1. The summed E-state index contributed by atoms with van der Waals surface area (Å²) in [7, 11) is 1.55. The average Bonchev–Trinajstić information content (AvgIpc) is 2.80. The summed E-state index contributed by atoms with van der Waals surface area (Å²) in [5.74, 6) is 0.214. The van der Waals surface area contributed by atoms with E-state index < -0.39 is 17.8 Å². The number of carbonyl (C=O) groups is 1. The quantitative estimate of drug-likeness (QED) is 0.462. The Kier molecular flexibility index (Phi) is 7.53. The van der Waals surface area contributed by atoms with Crippen molar-refractivity contribution in [2.75, 3.05) is 7.11 Å². The van der Waals surface area contributed by atoms with Crippen molar-refractivity contribution in [1.29, 1.82) is 0 Å². The molecule has 1 unspecified atom stereocenters. The van der Waals surface area contributed by atoms with E-state index in [1.165, 1.54) is 6.07 Å². The van der Waals surface area contributed by atoms with Crippen molar-refractivity contribution in [2.45, 2.75) is 45.3 Å². The highest BCUT2D eigenvalue weighted by Gasteiger charge is 2.33. The molecule has 4 nitrogen and oxygen atoms in total. The lowest BCUT2D eigenvalue weighted by Crippen LogP contribution is -2.13. The molecule has 174 valence electrons. The van der Waals surface area contributed by atoms with Crippen molar-refractivity contribution in [3.63, 3.8) is 0 Å². The third kappa shape index (κ3) is 5.79. The van der Waals surface area contributed by atoms with Gasteiger partial charge in [-0.1, -0.05) is 48.9 Å². The molecule has 0 fully saturated rings. The van der Waals surface area contributed by atoms with Crippen LogP contribution in [0.1, 0.15) is 47.2 Å². The van der Waals surface area contributed by atoms with E-state index in [4.69, 9.17) is 10.5 Å². The minimum absolute atomic E-state index is 0.0207. The maximum Gasteiger partial charge on any atom is 0.433 e. The maximum absolute atomic E-state index is 13.3. The molecule has 33 heavy (non-hydrogen) atoms. The number of halogens is 3. The van der Waals surface area contributed by atoms with Gasteiger partial charge in [0.05, 0.1) is 12.8 Å². The van der Waals surface area contributed by atoms with Crippen molar-refractivity contribution in [3.8, 4) is 17.0 Å². The standard InChI is InChI=1S/C26H27F3N2O2/c1-16-5-4-6-20(13-16)25-18(10-12-24(31-25)26(27,28)29)9-11-22(32)17(2)19-7-8-21(15-30)23(14-19)33-3/h4-8,10,12-14,17H,9,11,15,30H2,1-3H3. The van der Waals surface area contributed by atoms with E-state index in [0.717, 1.165) is 22.8 Å². The number of nitrogens with two attached hydrogens (primary N) is 1. The largest absolute Gasteiger partial charge is 0.496 e. The SMILES string of the molecule is COc1cc(C(C)C(=O)CCc2ccc(C(F)(F)F)nc2-c2cccc(C)c2)ccc1CN. The number of hydrogen-bond acceptors (Lipinski definition) is 4. The summed E-state index contributed by atoms with van der Waals surface area (Å²) in [5, 5.41) is 0. The first-order valence-electron chi connectivity index (χ1n) is 10.7. The van der Waals surface area contributed by atoms with Gasteiger partial charge in [0.15, 0.2) is 0 Å². The molecule has 0 bridgehead atoms. The lowest BCUT2D eigenvalue weighted by molar-refractivity contribution is -0.141. The zero-order chi connectivity index (χ0) is 24.2. The van der Waals surface area contributed by atoms with Gasteiger partial charge in [-0.05, 0) is 42.7 Å². The molecule has 3 rings (SSSR count). The Bertz CT molecular complexity index is 1140. The van der Waals surface area contributed by atoms with Crippen LogP contribution in [0.4, 0.5) is 13.2 Å². The molecule has 2 aromatic carbocycles. The van der Waals surface area contributed by atoms with Gasteiger partial charge in [-0.15, -0.1) is 0 Å². The molecule has 0 radical (unpaired) electrons. The van der Waals surface area contributed by atoms with Crippen LogP contribution in [0, 0.1) is 6.92 Å². The van der Waals surface area contributed by atoms with Crippen molar-refractivity contribution < 1.29 is 22.7 Å². The first-order valence-corrected chi connectivity index (χ1v) is 10.7. The van der Waals surface area contributed by atoms with E-state index in [1.54, 1.807) is 25.3 Å². The second-order valence-corrected chi connectivity index (χ2v) is 8.03. The van der Waals surface area contributed by atoms with E-state index in [0.29, 0.717) is 23.4 Å². The van der Waals surface area contributed by atoms with Crippen LogP contribution in [0.2, 0.25) is 0 Å². The predicted molar refractivity (Wildman–Crippen MR) is 122 cm³/mol. The van der Waals surface area contributed by atoms with Crippen LogP contribution in [0.5, 0.6) is 5.75 Å². The third-order valence-electron chi connectivity index (χ3n) is 5.72. The van der Waals surface area contributed by atoms with Crippen LogP contribution in [0.25, 0.3) is 11.3 Å². The number of aromatic nitrogens is 1. The molecular weight excluding hydrogens is 429 g/mol. The summed E-state index contributed by atoms with van der Waals surface area (Å²) in [6.45, 7) is 4.01. The summed E-state index contributed by atoms with van der Waals surface area (Å²) in [4.78, 5) is 16.8. The minimum Gasteiger partial charge on any atom is -0.496 e. The first-order chi connectivity index (χ1) is 15.6. The highest BCUT2D eigenvalue weighted by atomic mass is 19.4. The van der Waals surface area contributed by atoms with E-state index in [-0.39, 0.29) is 24.3 Å². The zero-order valence-electron chi connectivity index (χ0n) is 18.9. The van der Waals surface area contributed by atoms with Crippen LogP contribution in [0.15, 0.2) is 54.6 Å². The molecule has 0 aliphatic rings. The topological polar surface area (TPSA) is 65.2 Å². The average molecular weight is 457 g/mol. The van der Waals surface area contributed by atoms with Gasteiger partial charge in [0, 0.05) is 30.0 Å². The number of alkyl halides is 3. The lowest BCUT2D eigenvalue weighted by atomic mass is 9.91. The van der Waals surface area contributed by atoms with E-state index >= 15 is 0 Å². The van der Waals surface area contributed by atoms with Crippen molar-refractivity contribution in [1.82, 2.24) is 4.98 Å². The van der Waals surface area contributed by atoms with Crippen molar-refractivity contribution in [2.24, 2.45) is 5.73 Å². The Hall–Kier alpha value is -3.19. The van der Waals surface area contributed by atoms with Crippen molar-refractivity contribution >= 4 is 5.78 Å². The summed E-state index contributed by atoms with van der Waals surface area (Å²) in [5.41, 5.74) is 8.78. The lowest BCUT2D eigenvalue weighted by Gasteiger charge is -2.16. The van der Waals surface area contributed by atoms with Gasteiger partial charge in [-0.3, -0.25) is 4.79 Å². The van der Waals surface area contributed by atoms with Gasteiger partial charge in [-0.25, -0.2) is 4.98 Å². The maximum atomic E-state index is 13.3. The molecule has 0 saturated carbocycles. The van der Waals surface area contributed by atoms with Crippen LogP contribution >= 0.6 is 0 Å². The number of pyridine rings is 1. The van der Waals surface area contributed by atoms with Crippen LogP contribution in [0.3, 0.4) is 0 Å². The fourth-order valence-electron chi connectivity index (χ4n) is 3.75. The molecule has 7 heteroatoms. The summed E-state index contributed by atoms with van der Waals surface area (Å²) in [6, 6.07) is 15.1. The third-order valence-corrected chi connectivity index (χ3v) is 5.72.